The zero-order valence-corrected chi connectivity index (χ0v) is 11.8. The minimum absolute atomic E-state index is 0.250. The lowest BCUT2D eigenvalue weighted by atomic mass is 9.98. The van der Waals surface area contributed by atoms with Crippen molar-refractivity contribution >= 4 is 0 Å². The van der Waals surface area contributed by atoms with Crippen LogP contribution in [0, 0.1) is 12.7 Å². The molecule has 1 aliphatic rings. The van der Waals surface area contributed by atoms with Gasteiger partial charge in [-0.05, 0) is 44.0 Å². The Hall–Kier alpha value is -0.970. The molecule has 0 saturated carbocycles. The third-order valence-corrected chi connectivity index (χ3v) is 3.76. The molecular formula is C15H22FNO2. The van der Waals surface area contributed by atoms with E-state index in [1.807, 2.05) is 6.92 Å². The summed E-state index contributed by atoms with van der Waals surface area (Å²) in [6.45, 7) is 8.31. The molecule has 4 heteroatoms. The second-order valence-corrected chi connectivity index (χ2v) is 5.44. The fourth-order valence-electron chi connectivity index (χ4n) is 2.53. The number of aliphatic hydroxyl groups is 1. The predicted molar refractivity (Wildman–Crippen MR) is 72.5 cm³/mol. The van der Waals surface area contributed by atoms with Crippen LogP contribution in [0.25, 0.3) is 0 Å². The number of rotatable bonds is 3. The summed E-state index contributed by atoms with van der Waals surface area (Å²) in [5, 5.41) is 10.4. The Morgan fingerprint density at radius 1 is 1.42 bits per heavy atom. The Balaban J connectivity index is 2.12. The third kappa shape index (κ3) is 3.32. The van der Waals surface area contributed by atoms with Crippen molar-refractivity contribution in [2.75, 3.05) is 19.7 Å². The van der Waals surface area contributed by atoms with Crippen LogP contribution in [0.5, 0.6) is 0 Å². The maximum Gasteiger partial charge on any atom is 0.123 e. The molecule has 2 unspecified atom stereocenters. The highest BCUT2D eigenvalue weighted by atomic mass is 19.1. The van der Waals surface area contributed by atoms with Crippen LogP contribution in [-0.4, -0.2) is 41.8 Å². The summed E-state index contributed by atoms with van der Waals surface area (Å²) in [7, 11) is 0. The van der Waals surface area contributed by atoms with E-state index in [9.17, 15) is 9.50 Å². The first-order chi connectivity index (χ1) is 8.99. The first-order valence-electron chi connectivity index (χ1n) is 6.79. The van der Waals surface area contributed by atoms with Crippen molar-refractivity contribution in [2.45, 2.75) is 39.0 Å². The fraction of sp³-hybridized carbons (Fsp3) is 0.600. The van der Waals surface area contributed by atoms with Crippen LogP contribution in [0.1, 0.15) is 31.1 Å². The van der Waals surface area contributed by atoms with E-state index in [2.05, 4.69) is 18.7 Å². The van der Waals surface area contributed by atoms with Crippen LogP contribution < -0.4 is 0 Å². The van der Waals surface area contributed by atoms with Gasteiger partial charge >= 0.3 is 0 Å². The smallest absolute Gasteiger partial charge is 0.123 e. The highest BCUT2D eigenvalue weighted by molar-refractivity contribution is 5.29. The van der Waals surface area contributed by atoms with Gasteiger partial charge in [-0.15, -0.1) is 0 Å². The quantitative estimate of drug-likeness (QED) is 0.912. The average molecular weight is 267 g/mol. The van der Waals surface area contributed by atoms with Gasteiger partial charge in [0.15, 0.2) is 0 Å². The first-order valence-corrected chi connectivity index (χ1v) is 6.79. The first kappa shape index (κ1) is 14.4. The molecule has 1 aromatic rings. The maximum atomic E-state index is 13.1. The van der Waals surface area contributed by atoms with E-state index in [1.165, 1.54) is 12.1 Å². The number of morpholine rings is 1. The molecule has 0 amide bonds. The number of aryl methyl sites for hydroxylation is 1. The Kier molecular flexibility index (Phi) is 4.55. The molecule has 1 saturated heterocycles. The highest BCUT2D eigenvalue weighted by Crippen LogP contribution is 2.26. The van der Waals surface area contributed by atoms with Gasteiger partial charge in [-0.25, -0.2) is 4.39 Å². The second kappa shape index (κ2) is 5.99. The normalized spacial score (nSPS) is 22.7. The van der Waals surface area contributed by atoms with Gasteiger partial charge in [0.25, 0.3) is 0 Å². The number of ether oxygens (including phenoxy) is 1. The van der Waals surface area contributed by atoms with Gasteiger partial charge in [-0.2, -0.15) is 0 Å². The third-order valence-electron chi connectivity index (χ3n) is 3.76. The molecule has 0 bridgehead atoms. The summed E-state index contributed by atoms with van der Waals surface area (Å²) in [5.74, 6) is -0.276. The molecule has 2 atom stereocenters. The zero-order valence-electron chi connectivity index (χ0n) is 11.8. The standard InChI is InChI=1S/C15H22FNO2/c1-10(2)17-6-7-19-14(9-17)15(18)13-5-4-12(16)8-11(13)3/h4-5,8,10,14-15,18H,6-7,9H2,1-3H3. The second-order valence-electron chi connectivity index (χ2n) is 5.44. The SMILES string of the molecule is Cc1cc(F)ccc1C(O)C1CN(C(C)C)CCO1. The number of nitrogens with zero attached hydrogens (tertiary/aromatic N) is 1. The lowest BCUT2D eigenvalue weighted by Crippen LogP contribution is -2.47. The van der Waals surface area contributed by atoms with E-state index < -0.39 is 6.10 Å². The van der Waals surface area contributed by atoms with Gasteiger partial charge in [0, 0.05) is 19.1 Å². The topological polar surface area (TPSA) is 32.7 Å². The molecule has 106 valence electrons. The number of aliphatic hydroxyl groups excluding tert-OH is 1. The summed E-state index contributed by atoms with van der Waals surface area (Å²) in [4.78, 5) is 2.29. The molecular weight excluding hydrogens is 245 g/mol. The Morgan fingerprint density at radius 3 is 2.79 bits per heavy atom. The van der Waals surface area contributed by atoms with Gasteiger partial charge in [0.2, 0.25) is 0 Å². The molecule has 19 heavy (non-hydrogen) atoms. The Labute approximate surface area is 114 Å². The Bertz CT molecular complexity index is 436. The minimum Gasteiger partial charge on any atom is -0.386 e. The minimum atomic E-state index is -0.706. The van der Waals surface area contributed by atoms with Crippen LogP contribution >= 0.6 is 0 Å². The lowest BCUT2D eigenvalue weighted by Gasteiger charge is -2.37. The van der Waals surface area contributed by atoms with E-state index in [-0.39, 0.29) is 11.9 Å². The largest absolute Gasteiger partial charge is 0.386 e. The summed E-state index contributed by atoms with van der Waals surface area (Å²) < 4.78 is 18.8. The molecule has 1 aromatic carbocycles. The van der Waals surface area contributed by atoms with Crippen molar-refractivity contribution in [1.29, 1.82) is 0 Å². The average Bonchev–Trinajstić information content (AvgIpc) is 2.38. The molecule has 1 heterocycles. The monoisotopic (exact) mass is 267 g/mol. The van der Waals surface area contributed by atoms with Crippen LogP contribution in [0.2, 0.25) is 0 Å². The van der Waals surface area contributed by atoms with Gasteiger partial charge in [0.1, 0.15) is 18.0 Å². The van der Waals surface area contributed by atoms with E-state index in [4.69, 9.17) is 4.74 Å². The van der Waals surface area contributed by atoms with Gasteiger partial charge in [0.05, 0.1) is 6.61 Å². The summed E-state index contributed by atoms with van der Waals surface area (Å²) in [6, 6.07) is 4.91. The lowest BCUT2D eigenvalue weighted by molar-refractivity contribution is -0.0963. The van der Waals surface area contributed by atoms with Crippen molar-refractivity contribution < 1.29 is 14.2 Å². The number of hydrogen-bond acceptors (Lipinski definition) is 3. The number of halogens is 1. The number of benzene rings is 1. The van der Waals surface area contributed by atoms with Crippen molar-refractivity contribution in [3.8, 4) is 0 Å². The van der Waals surface area contributed by atoms with E-state index in [0.717, 1.165) is 17.7 Å². The molecule has 3 nitrogen and oxygen atoms in total. The van der Waals surface area contributed by atoms with E-state index >= 15 is 0 Å². The summed E-state index contributed by atoms with van der Waals surface area (Å²) in [5.41, 5.74) is 1.51. The van der Waals surface area contributed by atoms with E-state index in [0.29, 0.717) is 19.2 Å². The highest BCUT2D eigenvalue weighted by Gasteiger charge is 2.29. The maximum absolute atomic E-state index is 13.1. The predicted octanol–water partition coefficient (Wildman–Crippen LogP) is 2.28. The molecule has 0 aliphatic carbocycles. The van der Waals surface area contributed by atoms with Crippen molar-refractivity contribution in [2.24, 2.45) is 0 Å². The van der Waals surface area contributed by atoms with Gasteiger partial charge < -0.3 is 9.84 Å². The molecule has 2 rings (SSSR count). The number of hydrogen-bond donors (Lipinski definition) is 1. The van der Waals surface area contributed by atoms with Crippen molar-refractivity contribution in [3.05, 3.63) is 35.1 Å². The molecule has 1 aliphatic heterocycles. The molecule has 0 spiro atoms. The summed E-state index contributed by atoms with van der Waals surface area (Å²) in [6.07, 6.45) is -0.956. The van der Waals surface area contributed by atoms with Gasteiger partial charge in [-0.3, -0.25) is 4.90 Å². The molecule has 1 fully saturated rings. The zero-order chi connectivity index (χ0) is 14.0. The molecule has 1 N–H and O–H groups in total. The molecule has 0 radical (unpaired) electrons. The van der Waals surface area contributed by atoms with Gasteiger partial charge in [-0.1, -0.05) is 6.07 Å². The van der Waals surface area contributed by atoms with Crippen molar-refractivity contribution in [3.63, 3.8) is 0 Å². The van der Waals surface area contributed by atoms with Crippen LogP contribution in [0.4, 0.5) is 4.39 Å². The molecule has 0 aromatic heterocycles. The fourth-order valence-corrected chi connectivity index (χ4v) is 2.53. The van der Waals surface area contributed by atoms with E-state index in [1.54, 1.807) is 6.07 Å². The van der Waals surface area contributed by atoms with Crippen molar-refractivity contribution in [1.82, 2.24) is 4.90 Å². The van der Waals surface area contributed by atoms with Crippen LogP contribution in [0.15, 0.2) is 18.2 Å². The van der Waals surface area contributed by atoms with Crippen LogP contribution in [0.3, 0.4) is 0 Å². The van der Waals surface area contributed by atoms with Crippen LogP contribution in [-0.2, 0) is 4.74 Å². The Morgan fingerprint density at radius 2 is 2.16 bits per heavy atom. The summed E-state index contributed by atoms with van der Waals surface area (Å²) >= 11 is 0.